The molecule has 6 heteroatoms. The molecule has 1 atom stereocenters. The van der Waals surface area contributed by atoms with Gasteiger partial charge in [0.1, 0.15) is 0 Å². The van der Waals surface area contributed by atoms with E-state index in [1.807, 2.05) is 6.92 Å². The third kappa shape index (κ3) is 5.77. The van der Waals surface area contributed by atoms with Gasteiger partial charge in [0.15, 0.2) is 0 Å². The quantitative estimate of drug-likeness (QED) is 0.744. The van der Waals surface area contributed by atoms with Gasteiger partial charge >= 0.3 is 0 Å². The lowest BCUT2D eigenvalue weighted by Gasteiger charge is -2.31. The van der Waals surface area contributed by atoms with E-state index >= 15 is 0 Å². The summed E-state index contributed by atoms with van der Waals surface area (Å²) in [4.78, 5) is 0. The second kappa shape index (κ2) is 7.57. The second-order valence-corrected chi connectivity index (χ2v) is 7.72. The summed E-state index contributed by atoms with van der Waals surface area (Å²) >= 11 is 0. The van der Waals surface area contributed by atoms with Gasteiger partial charge in [0, 0.05) is 25.7 Å². The van der Waals surface area contributed by atoms with Gasteiger partial charge in [-0.15, -0.1) is 0 Å². The van der Waals surface area contributed by atoms with E-state index in [0.717, 1.165) is 25.7 Å². The average molecular weight is 292 g/mol. The van der Waals surface area contributed by atoms with E-state index in [9.17, 15) is 8.42 Å². The van der Waals surface area contributed by atoms with E-state index in [0.29, 0.717) is 19.0 Å². The molecular weight excluding hydrogens is 264 g/mol. The van der Waals surface area contributed by atoms with Gasteiger partial charge in [-0.05, 0) is 44.4 Å². The first-order valence-corrected chi connectivity index (χ1v) is 8.67. The highest BCUT2D eigenvalue weighted by atomic mass is 32.2. The Morgan fingerprint density at radius 3 is 2.26 bits per heavy atom. The number of hydrogen-bond acceptors (Lipinski definition) is 3. The first kappa shape index (κ1) is 16.9. The first-order valence-electron chi connectivity index (χ1n) is 7.23. The summed E-state index contributed by atoms with van der Waals surface area (Å²) < 4.78 is 28.6. The van der Waals surface area contributed by atoms with Crippen molar-refractivity contribution in [2.75, 3.05) is 19.7 Å². The molecule has 1 aliphatic heterocycles. The van der Waals surface area contributed by atoms with Gasteiger partial charge in [0.05, 0.1) is 0 Å². The summed E-state index contributed by atoms with van der Waals surface area (Å²) in [5.41, 5.74) is 0. The molecule has 0 aromatic rings. The minimum Gasteiger partial charge on any atom is -0.396 e. The number of hydrogen-bond donors (Lipinski definition) is 2. The highest BCUT2D eigenvalue weighted by Crippen LogP contribution is 2.19. The predicted molar refractivity (Wildman–Crippen MR) is 77.0 cm³/mol. The third-order valence-corrected chi connectivity index (χ3v) is 5.44. The molecule has 0 bridgehead atoms. The Hall–Kier alpha value is -0.170. The Balaban J connectivity index is 2.43. The Morgan fingerprint density at radius 2 is 1.79 bits per heavy atom. The van der Waals surface area contributed by atoms with Gasteiger partial charge in [-0.1, -0.05) is 13.8 Å². The number of nitrogens with one attached hydrogen (secondary N) is 1. The Morgan fingerprint density at radius 1 is 1.21 bits per heavy atom. The molecule has 5 nitrogen and oxygen atoms in total. The lowest BCUT2D eigenvalue weighted by Crippen LogP contribution is -2.47. The van der Waals surface area contributed by atoms with Crippen LogP contribution >= 0.6 is 0 Å². The fourth-order valence-corrected chi connectivity index (χ4v) is 3.77. The Kier molecular flexibility index (Phi) is 6.73. The molecule has 114 valence electrons. The molecule has 1 rings (SSSR count). The topological polar surface area (TPSA) is 69.6 Å². The molecule has 0 aromatic carbocycles. The zero-order valence-electron chi connectivity index (χ0n) is 12.3. The normalized spacial score (nSPS) is 20.9. The van der Waals surface area contributed by atoms with Crippen molar-refractivity contribution >= 4 is 10.2 Å². The van der Waals surface area contributed by atoms with E-state index < -0.39 is 10.2 Å². The van der Waals surface area contributed by atoms with Crippen molar-refractivity contribution in [1.82, 2.24) is 9.03 Å². The average Bonchev–Trinajstić information content (AvgIpc) is 2.36. The van der Waals surface area contributed by atoms with Crippen molar-refractivity contribution in [1.29, 1.82) is 0 Å². The van der Waals surface area contributed by atoms with Crippen molar-refractivity contribution in [2.24, 2.45) is 11.8 Å². The minimum absolute atomic E-state index is 0.0250. The maximum absolute atomic E-state index is 12.2. The summed E-state index contributed by atoms with van der Waals surface area (Å²) in [7, 11) is -3.36. The second-order valence-electron chi connectivity index (χ2n) is 6.02. The maximum Gasteiger partial charge on any atom is 0.279 e. The molecule has 19 heavy (non-hydrogen) atoms. The van der Waals surface area contributed by atoms with Crippen LogP contribution in [0.3, 0.4) is 0 Å². The van der Waals surface area contributed by atoms with Gasteiger partial charge in [-0.2, -0.15) is 17.4 Å². The van der Waals surface area contributed by atoms with Crippen LogP contribution in [-0.4, -0.2) is 43.6 Å². The molecule has 1 saturated heterocycles. The number of aliphatic hydroxyl groups excluding tert-OH is 1. The molecular formula is C13H28N2O3S. The van der Waals surface area contributed by atoms with E-state index in [-0.39, 0.29) is 18.6 Å². The van der Waals surface area contributed by atoms with Crippen LogP contribution in [0.15, 0.2) is 0 Å². The van der Waals surface area contributed by atoms with Gasteiger partial charge in [0.25, 0.3) is 10.2 Å². The van der Waals surface area contributed by atoms with Gasteiger partial charge < -0.3 is 5.11 Å². The monoisotopic (exact) mass is 292 g/mol. The van der Waals surface area contributed by atoms with Crippen LogP contribution in [0.5, 0.6) is 0 Å². The highest BCUT2D eigenvalue weighted by Gasteiger charge is 2.28. The zero-order valence-corrected chi connectivity index (χ0v) is 13.1. The maximum atomic E-state index is 12.2. The van der Waals surface area contributed by atoms with Crippen molar-refractivity contribution < 1.29 is 13.5 Å². The molecule has 0 spiro atoms. The minimum atomic E-state index is -3.36. The molecule has 1 fully saturated rings. The summed E-state index contributed by atoms with van der Waals surface area (Å²) in [6.45, 7) is 7.38. The first-order chi connectivity index (χ1) is 8.85. The molecule has 0 aromatic heterocycles. The molecule has 2 N–H and O–H groups in total. The van der Waals surface area contributed by atoms with Crippen LogP contribution in [0.25, 0.3) is 0 Å². The fraction of sp³-hybridized carbons (Fsp3) is 1.00. The smallest absolute Gasteiger partial charge is 0.279 e. The van der Waals surface area contributed by atoms with Crippen molar-refractivity contribution in [2.45, 2.75) is 52.5 Å². The predicted octanol–water partition coefficient (Wildman–Crippen LogP) is 1.35. The summed E-state index contributed by atoms with van der Waals surface area (Å²) in [6.07, 6.45) is 3.38. The van der Waals surface area contributed by atoms with E-state index in [1.54, 1.807) is 0 Å². The number of piperidine rings is 1. The van der Waals surface area contributed by atoms with Crippen LogP contribution < -0.4 is 4.72 Å². The van der Waals surface area contributed by atoms with Gasteiger partial charge in [0.2, 0.25) is 0 Å². The molecule has 0 radical (unpaired) electrons. The van der Waals surface area contributed by atoms with E-state index in [4.69, 9.17) is 5.11 Å². The molecule has 0 saturated carbocycles. The largest absolute Gasteiger partial charge is 0.396 e. The molecule has 1 unspecified atom stereocenters. The number of aliphatic hydroxyl groups is 1. The van der Waals surface area contributed by atoms with Gasteiger partial charge in [-0.3, -0.25) is 0 Å². The zero-order chi connectivity index (χ0) is 14.5. The molecule has 1 aliphatic rings. The summed E-state index contributed by atoms with van der Waals surface area (Å²) in [5.74, 6) is 0.845. The SMILES string of the molecule is CC(C)CCC(C)NS(=O)(=O)N1CCC(CO)CC1. The number of nitrogens with zero attached hydrogens (tertiary/aromatic N) is 1. The standard InChI is InChI=1S/C13H28N2O3S/c1-11(2)4-5-12(3)14-19(17,18)15-8-6-13(10-16)7-9-15/h11-14,16H,4-10H2,1-3H3. The van der Waals surface area contributed by atoms with Crippen molar-refractivity contribution in [3.8, 4) is 0 Å². The molecule has 1 heterocycles. The van der Waals surface area contributed by atoms with Crippen LogP contribution in [0, 0.1) is 11.8 Å². The van der Waals surface area contributed by atoms with E-state index in [1.165, 1.54) is 4.31 Å². The van der Waals surface area contributed by atoms with Gasteiger partial charge in [-0.25, -0.2) is 0 Å². The van der Waals surface area contributed by atoms with Crippen LogP contribution in [0.1, 0.15) is 46.5 Å². The lowest BCUT2D eigenvalue weighted by atomic mass is 10.00. The highest BCUT2D eigenvalue weighted by molar-refractivity contribution is 7.87. The molecule has 0 aliphatic carbocycles. The fourth-order valence-electron chi connectivity index (χ4n) is 2.30. The van der Waals surface area contributed by atoms with Crippen LogP contribution in [0.4, 0.5) is 0 Å². The van der Waals surface area contributed by atoms with Crippen LogP contribution in [0.2, 0.25) is 0 Å². The summed E-state index contributed by atoms with van der Waals surface area (Å²) in [6, 6.07) is -0.0250. The van der Waals surface area contributed by atoms with Crippen molar-refractivity contribution in [3.63, 3.8) is 0 Å². The number of rotatable bonds is 7. The Labute approximate surface area is 117 Å². The Bertz CT molecular complexity index is 349. The van der Waals surface area contributed by atoms with E-state index in [2.05, 4.69) is 18.6 Å². The van der Waals surface area contributed by atoms with Crippen LogP contribution in [-0.2, 0) is 10.2 Å². The third-order valence-electron chi connectivity index (χ3n) is 3.70. The molecule has 0 amide bonds. The summed E-state index contributed by atoms with van der Waals surface area (Å²) in [5, 5.41) is 9.06. The van der Waals surface area contributed by atoms with Crippen molar-refractivity contribution in [3.05, 3.63) is 0 Å². The lowest BCUT2D eigenvalue weighted by molar-refractivity contribution is 0.169.